The van der Waals surface area contributed by atoms with Crippen LogP contribution in [0.3, 0.4) is 0 Å². The second-order valence-electron chi connectivity index (χ2n) is 4.54. The molecule has 0 bridgehead atoms. The fourth-order valence-electron chi connectivity index (χ4n) is 1.77. The molecular weight excluding hydrogens is 228 g/mol. The van der Waals surface area contributed by atoms with Crippen molar-refractivity contribution in [3.05, 3.63) is 0 Å². The standard InChI is InChI=1S/C11H24O4S/c1-4-5-6-7-11(10(2)3)8-9-15-16(12,13)14/h10-11H,4-9H2,1-3H3,(H,12,13,14). The summed E-state index contributed by atoms with van der Waals surface area (Å²) in [5.74, 6) is 0.982. The van der Waals surface area contributed by atoms with E-state index in [0.29, 0.717) is 18.3 Å². The highest BCUT2D eigenvalue weighted by molar-refractivity contribution is 7.80. The summed E-state index contributed by atoms with van der Waals surface area (Å²) < 4.78 is 33.5. The van der Waals surface area contributed by atoms with Crippen molar-refractivity contribution in [3.63, 3.8) is 0 Å². The van der Waals surface area contributed by atoms with Crippen LogP contribution in [0.25, 0.3) is 0 Å². The Morgan fingerprint density at radius 3 is 2.25 bits per heavy atom. The highest BCUT2D eigenvalue weighted by atomic mass is 32.3. The average molecular weight is 252 g/mol. The van der Waals surface area contributed by atoms with Crippen molar-refractivity contribution in [2.45, 2.75) is 52.9 Å². The predicted molar refractivity (Wildman–Crippen MR) is 64.6 cm³/mol. The van der Waals surface area contributed by atoms with Gasteiger partial charge in [0.15, 0.2) is 0 Å². The minimum atomic E-state index is -4.27. The summed E-state index contributed by atoms with van der Waals surface area (Å²) in [4.78, 5) is 0. The number of rotatable bonds is 9. The predicted octanol–water partition coefficient (Wildman–Crippen LogP) is 3.05. The zero-order valence-corrected chi connectivity index (χ0v) is 11.3. The number of hydrogen-bond acceptors (Lipinski definition) is 3. The normalized spacial score (nSPS) is 14.3. The van der Waals surface area contributed by atoms with Crippen LogP contribution in [0.5, 0.6) is 0 Å². The lowest BCUT2D eigenvalue weighted by Gasteiger charge is -2.20. The molecule has 0 aromatic heterocycles. The van der Waals surface area contributed by atoms with Crippen LogP contribution in [0, 0.1) is 11.8 Å². The molecule has 0 saturated carbocycles. The van der Waals surface area contributed by atoms with E-state index in [1.807, 2.05) is 0 Å². The second-order valence-corrected chi connectivity index (χ2v) is 5.63. The van der Waals surface area contributed by atoms with Crippen LogP contribution in [-0.4, -0.2) is 19.6 Å². The fourth-order valence-corrected chi connectivity index (χ4v) is 2.08. The van der Waals surface area contributed by atoms with Crippen molar-refractivity contribution in [1.29, 1.82) is 0 Å². The first-order chi connectivity index (χ1) is 7.37. The molecule has 5 heteroatoms. The lowest BCUT2D eigenvalue weighted by molar-refractivity contribution is 0.218. The van der Waals surface area contributed by atoms with E-state index in [0.717, 1.165) is 6.42 Å². The van der Waals surface area contributed by atoms with E-state index in [1.54, 1.807) is 0 Å². The van der Waals surface area contributed by atoms with Crippen molar-refractivity contribution < 1.29 is 17.2 Å². The monoisotopic (exact) mass is 252 g/mol. The maximum atomic E-state index is 10.4. The molecule has 0 saturated heterocycles. The van der Waals surface area contributed by atoms with E-state index in [4.69, 9.17) is 4.55 Å². The largest absolute Gasteiger partial charge is 0.397 e. The van der Waals surface area contributed by atoms with Gasteiger partial charge in [-0.1, -0.05) is 46.5 Å². The smallest absolute Gasteiger partial charge is 0.264 e. The molecule has 0 amide bonds. The summed E-state index contributed by atoms with van der Waals surface area (Å²) in [6.45, 7) is 6.49. The van der Waals surface area contributed by atoms with E-state index in [1.165, 1.54) is 19.3 Å². The molecule has 1 unspecified atom stereocenters. The Labute approximate surface area is 99.3 Å². The summed E-state index contributed by atoms with van der Waals surface area (Å²) in [5, 5.41) is 0. The van der Waals surface area contributed by atoms with Crippen molar-refractivity contribution in [2.24, 2.45) is 11.8 Å². The highest BCUT2D eigenvalue weighted by Crippen LogP contribution is 2.22. The van der Waals surface area contributed by atoms with E-state index in [9.17, 15) is 8.42 Å². The highest BCUT2D eigenvalue weighted by Gasteiger charge is 2.14. The summed E-state index contributed by atoms with van der Waals surface area (Å²) in [5.41, 5.74) is 0. The Balaban J connectivity index is 3.85. The Morgan fingerprint density at radius 1 is 1.19 bits per heavy atom. The van der Waals surface area contributed by atoms with Gasteiger partial charge in [-0.05, 0) is 18.3 Å². The molecular formula is C11H24O4S. The third kappa shape index (κ3) is 9.12. The van der Waals surface area contributed by atoms with E-state index in [2.05, 4.69) is 25.0 Å². The Morgan fingerprint density at radius 2 is 1.81 bits per heavy atom. The second kappa shape index (κ2) is 8.03. The van der Waals surface area contributed by atoms with E-state index >= 15 is 0 Å². The molecule has 98 valence electrons. The molecule has 0 aromatic carbocycles. The Bertz CT molecular complexity index is 259. The quantitative estimate of drug-likeness (QED) is 0.506. The molecule has 0 heterocycles. The van der Waals surface area contributed by atoms with Crippen LogP contribution in [0.15, 0.2) is 0 Å². The van der Waals surface area contributed by atoms with Crippen LogP contribution < -0.4 is 0 Å². The van der Waals surface area contributed by atoms with Crippen LogP contribution in [-0.2, 0) is 14.6 Å². The SMILES string of the molecule is CCCCCC(CCOS(=O)(=O)O)C(C)C. The molecule has 0 radical (unpaired) electrons. The summed E-state index contributed by atoms with van der Waals surface area (Å²) >= 11 is 0. The lowest BCUT2D eigenvalue weighted by atomic mass is 9.88. The van der Waals surface area contributed by atoms with Crippen molar-refractivity contribution >= 4 is 10.4 Å². The van der Waals surface area contributed by atoms with Crippen molar-refractivity contribution in [3.8, 4) is 0 Å². The average Bonchev–Trinajstić information content (AvgIpc) is 2.13. The molecule has 0 rings (SSSR count). The molecule has 0 spiro atoms. The van der Waals surface area contributed by atoms with Gasteiger partial charge in [-0.15, -0.1) is 0 Å². The molecule has 4 nitrogen and oxygen atoms in total. The summed E-state index contributed by atoms with van der Waals surface area (Å²) in [6.07, 6.45) is 5.35. The molecule has 1 atom stereocenters. The fraction of sp³-hybridized carbons (Fsp3) is 1.00. The van der Waals surface area contributed by atoms with Crippen LogP contribution in [0.2, 0.25) is 0 Å². The van der Waals surface area contributed by atoms with Crippen molar-refractivity contribution in [1.82, 2.24) is 0 Å². The first-order valence-corrected chi connectivity index (χ1v) is 7.35. The third-order valence-corrected chi connectivity index (χ3v) is 3.31. The minimum Gasteiger partial charge on any atom is -0.264 e. The Kier molecular flexibility index (Phi) is 7.97. The van der Waals surface area contributed by atoms with Gasteiger partial charge in [-0.25, -0.2) is 4.18 Å². The van der Waals surface area contributed by atoms with Gasteiger partial charge in [0, 0.05) is 0 Å². The van der Waals surface area contributed by atoms with E-state index < -0.39 is 10.4 Å². The van der Waals surface area contributed by atoms with Gasteiger partial charge in [-0.3, -0.25) is 4.55 Å². The van der Waals surface area contributed by atoms with Gasteiger partial charge in [0.1, 0.15) is 0 Å². The van der Waals surface area contributed by atoms with Crippen LogP contribution in [0.4, 0.5) is 0 Å². The third-order valence-electron chi connectivity index (χ3n) is 2.84. The molecule has 0 aliphatic rings. The topological polar surface area (TPSA) is 63.6 Å². The zero-order valence-electron chi connectivity index (χ0n) is 10.5. The molecule has 0 aliphatic heterocycles. The van der Waals surface area contributed by atoms with Crippen molar-refractivity contribution in [2.75, 3.05) is 6.61 Å². The summed E-state index contributed by atoms with van der Waals surface area (Å²) in [7, 11) is -4.27. The zero-order chi connectivity index (χ0) is 12.6. The first kappa shape index (κ1) is 15.9. The first-order valence-electron chi connectivity index (χ1n) is 5.98. The molecule has 0 fully saturated rings. The molecule has 0 aromatic rings. The maximum Gasteiger partial charge on any atom is 0.397 e. The lowest BCUT2D eigenvalue weighted by Crippen LogP contribution is -2.14. The van der Waals surface area contributed by atoms with Gasteiger partial charge >= 0.3 is 10.4 Å². The van der Waals surface area contributed by atoms with Crippen LogP contribution >= 0.6 is 0 Å². The van der Waals surface area contributed by atoms with E-state index in [-0.39, 0.29) is 6.61 Å². The van der Waals surface area contributed by atoms with Gasteiger partial charge in [-0.2, -0.15) is 8.42 Å². The summed E-state index contributed by atoms with van der Waals surface area (Å²) in [6, 6.07) is 0. The van der Waals surface area contributed by atoms with Crippen LogP contribution in [0.1, 0.15) is 52.9 Å². The Hall–Kier alpha value is -0.130. The van der Waals surface area contributed by atoms with Gasteiger partial charge in [0.2, 0.25) is 0 Å². The maximum absolute atomic E-state index is 10.4. The minimum absolute atomic E-state index is 0.0772. The number of hydrogen-bond donors (Lipinski definition) is 1. The molecule has 16 heavy (non-hydrogen) atoms. The van der Waals surface area contributed by atoms with Gasteiger partial charge < -0.3 is 0 Å². The van der Waals surface area contributed by atoms with Gasteiger partial charge in [0.25, 0.3) is 0 Å². The number of unbranched alkanes of at least 4 members (excludes halogenated alkanes) is 2. The molecule has 0 aliphatic carbocycles. The molecule has 1 N–H and O–H groups in total. The van der Waals surface area contributed by atoms with Gasteiger partial charge in [0.05, 0.1) is 6.61 Å².